The van der Waals surface area contributed by atoms with Crippen molar-refractivity contribution in [2.45, 2.75) is 0 Å². The molecule has 0 spiro atoms. The van der Waals surface area contributed by atoms with Crippen LogP contribution in [0.5, 0.6) is 0 Å². The number of carboxylic acid groups (broad SMARTS) is 4. The van der Waals surface area contributed by atoms with Crippen molar-refractivity contribution in [3.63, 3.8) is 0 Å². The molecular weight excluding hydrogens is 368 g/mol. The average Bonchev–Trinajstić information content (AvgIpc) is 2.67. The number of benzene rings is 3. The maximum absolute atomic E-state index is 10.8. The molecule has 0 atom stereocenters. The van der Waals surface area contributed by atoms with Gasteiger partial charge in [0.2, 0.25) is 0 Å². The Morgan fingerprint density at radius 3 is 1.68 bits per heavy atom. The summed E-state index contributed by atoms with van der Waals surface area (Å²) in [6.07, 6.45) is 0. The highest BCUT2D eigenvalue weighted by Gasteiger charge is 2.17. The highest BCUT2D eigenvalue weighted by Crippen LogP contribution is 2.18. The molecule has 3 aromatic rings. The first-order chi connectivity index (χ1) is 13.2. The third-order valence-electron chi connectivity index (χ3n) is 3.75. The molecule has 0 aliphatic rings. The van der Waals surface area contributed by atoms with E-state index >= 15 is 0 Å². The van der Waals surface area contributed by atoms with E-state index in [1.165, 1.54) is 0 Å². The van der Waals surface area contributed by atoms with Gasteiger partial charge in [0.25, 0.3) is 0 Å². The SMILES string of the molecule is O=C(O)c1ccc(C(=O)O)c(C(=O)O)c1.O=C(O)c1cccc2ccccc12. The van der Waals surface area contributed by atoms with Gasteiger partial charge in [0.15, 0.2) is 0 Å². The van der Waals surface area contributed by atoms with E-state index in [0.29, 0.717) is 5.56 Å². The van der Waals surface area contributed by atoms with Gasteiger partial charge in [-0.25, -0.2) is 19.2 Å². The molecule has 0 amide bonds. The van der Waals surface area contributed by atoms with Crippen molar-refractivity contribution in [2.24, 2.45) is 0 Å². The Balaban J connectivity index is 0.000000202. The second-order valence-corrected chi connectivity index (χ2v) is 5.51. The van der Waals surface area contributed by atoms with Gasteiger partial charge in [-0.1, -0.05) is 36.4 Å². The molecule has 0 unspecified atom stereocenters. The summed E-state index contributed by atoms with van der Waals surface area (Å²) in [5.41, 5.74) is -0.884. The molecule has 0 fully saturated rings. The molecule has 0 saturated heterocycles. The van der Waals surface area contributed by atoms with Crippen molar-refractivity contribution in [2.75, 3.05) is 0 Å². The summed E-state index contributed by atoms with van der Waals surface area (Å²) < 4.78 is 0. The molecule has 0 radical (unpaired) electrons. The fraction of sp³-hybridized carbons (Fsp3) is 0. The second kappa shape index (κ2) is 8.45. The minimum Gasteiger partial charge on any atom is -0.478 e. The van der Waals surface area contributed by atoms with Crippen LogP contribution in [0.3, 0.4) is 0 Å². The molecule has 28 heavy (non-hydrogen) atoms. The summed E-state index contributed by atoms with van der Waals surface area (Å²) >= 11 is 0. The van der Waals surface area contributed by atoms with E-state index in [1.807, 2.05) is 30.3 Å². The number of rotatable bonds is 4. The maximum atomic E-state index is 10.8. The minimum atomic E-state index is -1.48. The monoisotopic (exact) mass is 382 g/mol. The molecule has 142 valence electrons. The van der Waals surface area contributed by atoms with Crippen LogP contribution in [-0.4, -0.2) is 44.3 Å². The van der Waals surface area contributed by atoms with Crippen LogP contribution in [0.4, 0.5) is 0 Å². The van der Waals surface area contributed by atoms with Crippen molar-refractivity contribution >= 4 is 34.6 Å². The Bertz CT molecular complexity index is 1080. The van der Waals surface area contributed by atoms with Crippen molar-refractivity contribution in [3.05, 3.63) is 82.9 Å². The third kappa shape index (κ3) is 4.50. The normalized spacial score (nSPS) is 9.86. The van der Waals surface area contributed by atoms with Crippen LogP contribution in [0.1, 0.15) is 41.4 Å². The van der Waals surface area contributed by atoms with Crippen molar-refractivity contribution in [3.8, 4) is 0 Å². The molecule has 0 aromatic heterocycles. The van der Waals surface area contributed by atoms with E-state index in [9.17, 15) is 19.2 Å². The van der Waals surface area contributed by atoms with Crippen LogP contribution in [0.15, 0.2) is 60.7 Å². The lowest BCUT2D eigenvalue weighted by Crippen LogP contribution is -2.10. The Labute approximate surface area is 157 Å². The van der Waals surface area contributed by atoms with Crippen LogP contribution in [0.25, 0.3) is 10.8 Å². The molecule has 0 heterocycles. The summed E-state index contributed by atoms with van der Waals surface area (Å²) in [7, 11) is 0. The lowest BCUT2D eigenvalue weighted by atomic mass is 10.0. The smallest absolute Gasteiger partial charge is 0.336 e. The van der Waals surface area contributed by atoms with Gasteiger partial charge >= 0.3 is 23.9 Å². The van der Waals surface area contributed by atoms with Gasteiger partial charge in [-0.2, -0.15) is 0 Å². The fourth-order valence-electron chi connectivity index (χ4n) is 2.45. The van der Waals surface area contributed by atoms with E-state index < -0.39 is 35.0 Å². The number of hydrogen-bond donors (Lipinski definition) is 4. The zero-order chi connectivity index (χ0) is 20.8. The van der Waals surface area contributed by atoms with Crippen LogP contribution in [0, 0.1) is 0 Å². The average molecular weight is 382 g/mol. The van der Waals surface area contributed by atoms with E-state index in [-0.39, 0.29) is 5.56 Å². The topological polar surface area (TPSA) is 149 Å². The lowest BCUT2D eigenvalue weighted by Gasteiger charge is -2.02. The van der Waals surface area contributed by atoms with Crippen LogP contribution >= 0.6 is 0 Å². The van der Waals surface area contributed by atoms with E-state index in [2.05, 4.69) is 0 Å². The van der Waals surface area contributed by atoms with Crippen molar-refractivity contribution < 1.29 is 39.6 Å². The molecule has 8 nitrogen and oxygen atoms in total. The lowest BCUT2D eigenvalue weighted by molar-refractivity contribution is 0.0649. The number of fused-ring (bicyclic) bond motifs is 1. The fourth-order valence-corrected chi connectivity index (χ4v) is 2.45. The molecule has 0 aliphatic carbocycles. The molecule has 3 aromatic carbocycles. The number of carboxylic acids is 4. The van der Waals surface area contributed by atoms with Gasteiger partial charge in [-0.3, -0.25) is 0 Å². The molecule has 8 heteroatoms. The zero-order valence-electron chi connectivity index (χ0n) is 14.2. The third-order valence-corrected chi connectivity index (χ3v) is 3.75. The molecule has 0 aliphatic heterocycles. The Hall–Kier alpha value is -4.20. The van der Waals surface area contributed by atoms with Crippen LogP contribution < -0.4 is 0 Å². The first-order valence-electron chi connectivity index (χ1n) is 7.77. The van der Waals surface area contributed by atoms with Gasteiger partial charge in [0, 0.05) is 0 Å². The maximum Gasteiger partial charge on any atom is 0.336 e. The van der Waals surface area contributed by atoms with Gasteiger partial charge in [-0.15, -0.1) is 0 Å². The highest BCUT2D eigenvalue weighted by molar-refractivity contribution is 6.04. The summed E-state index contributed by atoms with van der Waals surface area (Å²) in [6.45, 7) is 0. The first kappa shape index (κ1) is 20.1. The number of carbonyl (C=O) groups is 4. The summed E-state index contributed by atoms with van der Waals surface area (Å²) in [6, 6.07) is 15.5. The van der Waals surface area contributed by atoms with Crippen LogP contribution in [0.2, 0.25) is 0 Å². The first-order valence-corrected chi connectivity index (χ1v) is 7.77. The van der Waals surface area contributed by atoms with Gasteiger partial charge in [0.05, 0.1) is 22.3 Å². The standard InChI is InChI=1S/C11H8O2.C9H6O6/c12-11(13)10-7-3-5-8-4-1-2-6-9(8)10;10-7(11)4-1-2-5(8(12)13)6(3-4)9(14)15/h1-7H,(H,12,13);1-3H,(H,10,11)(H,12,13)(H,14,15). The molecular formula is C20H14O8. The largest absolute Gasteiger partial charge is 0.478 e. The summed E-state index contributed by atoms with van der Waals surface area (Å²) in [5, 5.41) is 36.5. The zero-order valence-corrected chi connectivity index (χ0v) is 14.2. The number of aromatic carboxylic acids is 4. The van der Waals surface area contributed by atoms with Crippen molar-refractivity contribution in [1.29, 1.82) is 0 Å². The second-order valence-electron chi connectivity index (χ2n) is 5.51. The predicted molar refractivity (Wildman–Crippen MR) is 98.2 cm³/mol. The molecule has 0 saturated carbocycles. The quantitative estimate of drug-likeness (QED) is 0.537. The van der Waals surface area contributed by atoms with E-state index in [4.69, 9.17) is 20.4 Å². The summed E-state index contributed by atoms with van der Waals surface area (Å²) in [5.74, 6) is -5.08. The van der Waals surface area contributed by atoms with Gasteiger partial charge < -0.3 is 20.4 Å². The Kier molecular flexibility index (Phi) is 6.07. The Morgan fingerprint density at radius 2 is 1.11 bits per heavy atom. The highest BCUT2D eigenvalue weighted by atomic mass is 16.4. The van der Waals surface area contributed by atoms with Crippen molar-refractivity contribution in [1.82, 2.24) is 0 Å². The summed E-state index contributed by atoms with van der Waals surface area (Å²) in [4.78, 5) is 42.6. The number of hydrogen-bond acceptors (Lipinski definition) is 4. The predicted octanol–water partition coefficient (Wildman–Crippen LogP) is 3.32. The molecule has 4 N–H and O–H groups in total. The van der Waals surface area contributed by atoms with E-state index in [1.54, 1.807) is 12.1 Å². The van der Waals surface area contributed by atoms with Gasteiger partial charge in [0.1, 0.15) is 0 Å². The molecule has 0 bridgehead atoms. The molecule has 3 rings (SSSR count). The Morgan fingerprint density at radius 1 is 0.536 bits per heavy atom. The van der Waals surface area contributed by atoms with Gasteiger partial charge in [-0.05, 0) is 35.0 Å². The van der Waals surface area contributed by atoms with Crippen LogP contribution in [-0.2, 0) is 0 Å². The van der Waals surface area contributed by atoms with E-state index in [0.717, 1.165) is 29.0 Å². The minimum absolute atomic E-state index is 0.266.